The van der Waals surface area contributed by atoms with Crippen LogP contribution in [0.25, 0.3) is 0 Å². The van der Waals surface area contributed by atoms with Gasteiger partial charge in [-0.25, -0.2) is 4.98 Å². The molecule has 18 heavy (non-hydrogen) atoms. The number of hydrogen-bond acceptors (Lipinski definition) is 3. The number of hydrogen-bond donors (Lipinski definition) is 1. The normalized spacial score (nSPS) is 10.4. The number of nitrogens with zero attached hydrogens (tertiary/aromatic N) is 1. The number of aromatic nitrogens is 1. The summed E-state index contributed by atoms with van der Waals surface area (Å²) in [6, 6.07) is 4.02. The van der Waals surface area contributed by atoms with Gasteiger partial charge in [-0.3, -0.25) is 0 Å². The van der Waals surface area contributed by atoms with Crippen LogP contribution in [0.5, 0.6) is 5.88 Å². The van der Waals surface area contributed by atoms with Crippen molar-refractivity contribution in [3.63, 3.8) is 0 Å². The Labute approximate surface area is 110 Å². The van der Waals surface area contributed by atoms with E-state index in [0.717, 1.165) is 37.2 Å². The first-order chi connectivity index (χ1) is 8.63. The maximum Gasteiger partial charge on any atom is 0.213 e. The third-order valence-corrected chi connectivity index (χ3v) is 2.69. The maximum absolute atomic E-state index is 5.59. The van der Waals surface area contributed by atoms with Crippen molar-refractivity contribution < 1.29 is 4.74 Å². The van der Waals surface area contributed by atoms with Crippen molar-refractivity contribution in [2.75, 3.05) is 13.2 Å². The molecule has 0 aliphatic rings. The molecule has 0 radical (unpaired) electrons. The zero-order valence-electron chi connectivity index (χ0n) is 11.8. The molecular formula is C15H24N2O. The second-order valence-electron chi connectivity index (χ2n) is 4.63. The molecule has 0 saturated carbocycles. The predicted octanol–water partition coefficient (Wildman–Crippen LogP) is 3.23. The lowest BCUT2D eigenvalue weighted by Crippen LogP contribution is -2.15. The molecule has 0 unspecified atom stereocenters. The van der Waals surface area contributed by atoms with E-state index in [-0.39, 0.29) is 0 Å². The van der Waals surface area contributed by atoms with Crippen LogP contribution in [0.3, 0.4) is 0 Å². The fourth-order valence-electron chi connectivity index (χ4n) is 1.56. The molecule has 1 aromatic heterocycles. The maximum atomic E-state index is 5.59. The number of ether oxygens (including phenoxy) is 1. The number of aryl methyl sites for hydroxylation is 1. The van der Waals surface area contributed by atoms with Crippen LogP contribution >= 0.6 is 0 Å². The van der Waals surface area contributed by atoms with Gasteiger partial charge in [-0.2, -0.15) is 0 Å². The third kappa shape index (κ3) is 5.32. The van der Waals surface area contributed by atoms with Crippen LogP contribution in [0.2, 0.25) is 0 Å². The molecule has 1 rings (SSSR count). The molecule has 0 saturated heterocycles. The highest BCUT2D eigenvalue weighted by Crippen LogP contribution is 2.13. The number of nitrogens with one attached hydrogen (secondary N) is 1. The molecule has 0 aromatic carbocycles. The first-order valence-corrected chi connectivity index (χ1v) is 6.58. The Kier molecular flexibility index (Phi) is 6.44. The van der Waals surface area contributed by atoms with Gasteiger partial charge in [0.2, 0.25) is 5.88 Å². The van der Waals surface area contributed by atoms with Crippen molar-refractivity contribution >= 4 is 0 Å². The van der Waals surface area contributed by atoms with Crippen LogP contribution in [-0.2, 0) is 6.54 Å². The second-order valence-corrected chi connectivity index (χ2v) is 4.63. The molecule has 3 nitrogen and oxygen atoms in total. The molecule has 0 atom stereocenters. The van der Waals surface area contributed by atoms with E-state index in [9.17, 15) is 0 Å². The van der Waals surface area contributed by atoms with Crippen molar-refractivity contribution in [2.24, 2.45) is 0 Å². The highest BCUT2D eigenvalue weighted by atomic mass is 16.5. The topological polar surface area (TPSA) is 34.1 Å². The number of pyridine rings is 1. The Hall–Kier alpha value is -1.35. The van der Waals surface area contributed by atoms with Crippen LogP contribution in [0.1, 0.15) is 37.9 Å². The smallest absolute Gasteiger partial charge is 0.213 e. The predicted molar refractivity (Wildman–Crippen MR) is 75.9 cm³/mol. The Balaban J connectivity index is 2.48. The van der Waals surface area contributed by atoms with E-state index >= 15 is 0 Å². The van der Waals surface area contributed by atoms with Gasteiger partial charge in [0.25, 0.3) is 0 Å². The molecule has 0 aliphatic heterocycles. The monoisotopic (exact) mass is 248 g/mol. The first kappa shape index (κ1) is 14.7. The quantitative estimate of drug-likeness (QED) is 0.566. The fraction of sp³-hybridized carbons (Fsp3) is 0.533. The van der Waals surface area contributed by atoms with Gasteiger partial charge in [0.15, 0.2) is 0 Å². The van der Waals surface area contributed by atoms with Gasteiger partial charge in [0, 0.05) is 24.7 Å². The van der Waals surface area contributed by atoms with E-state index in [2.05, 4.69) is 29.9 Å². The summed E-state index contributed by atoms with van der Waals surface area (Å²) in [6.07, 6.45) is 2.02. The van der Waals surface area contributed by atoms with Crippen LogP contribution in [0.15, 0.2) is 24.3 Å². The number of rotatable bonds is 8. The van der Waals surface area contributed by atoms with Gasteiger partial charge in [-0.15, -0.1) is 6.58 Å². The molecule has 0 aliphatic carbocycles. The Morgan fingerprint density at radius 1 is 1.44 bits per heavy atom. The Bertz CT molecular complexity index is 388. The molecule has 0 spiro atoms. The lowest BCUT2D eigenvalue weighted by molar-refractivity contribution is 0.308. The van der Waals surface area contributed by atoms with E-state index in [1.807, 2.05) is 19.9 Å². The summed E-state index contributed by atoms with van der Waals surface area (Å²) in [7, 11) is 0. The zero-order chi connectivity index (χ0) is 13.4. The third-order valence-electron chi connectivity index (χ3n) is 2.69. The van der Waals surface area contributed by atoms with Gasteiger partial charge >= 0.3 is 0 Å². The standard InChI is InChI=1S/C15H24N2O/c1-5-9-16-11-14-6-7-15(17-13(14)4)18-10-8-12(2)3/h6-7,16H,2,5,8-11H2,1,3-4H3. The summed E-state index contributed by atoms with van der Waals surface area (Å²) in [6.45, 7) is 12.6. The van der Waals surface area contributed by atoms with Crippen LogP contribution in [-0.4, -0.2) is 18.1 Å². The SMILES string of the molecule is C=C(C)CCOc1ccc(CNCCC)c(C)n1. The molecule has 3 heteroatoms. The molecule has 0 bridgehead atoms. The molecule has 0 amide bonds. The summed E-state index contributed by atoms with van der Waals surface area (Å²) >= 11 is 0. The van der Waals surface area contributed by atoms with Gasteiger partial charge < -0.3 is 10.1 Å². The molecule has 0 fully saturated rings. The van der Waals surface area contributed by atoms with Crippen molar-refractivity contribution in [1.29, 1.82) is 0 Å². The molecule has 1 N–H and O–H groups in total. The Morgan fingerprint density at radius 2 is 2.22 bits per heavy atom. The highest BCUT2D eigenvalue weighted by molar-refractivity contribution is 5.24. The van der Waals surface area contributed by atoms with Crippen molar-refractivity contribution in [2.45, 2.75) is 40.2 Å². The first-order valence-electron chi connectivity index (χ1n) is 6.58. The molecule has 100 valence electrons. The van der Waals surface area contributed by atoms with E-state index in [4.69, 9.17) is 4.74 Å². The summed E-state index contributed by atoms with van der Waals surface area (Å²) in [5, 5.41) is 3.38. The average Bonchev–Trinajstić information content (AvgIpc) is 2.31. The lowest BCUT2D eigenvalue weighted by Gasteiger charge is -2.09. The minimum absolute atomic E-state index is 0.648. The summed E-state index contributed by atoms with van der Waals surface area (Å²) in [5.41, 5.74) is 3.40. The van der Waals surface area contributed by atoms with Crippen molar-refractivity contribution in [1.82, 2.24) is 10.3 Å². The summed E-state index contributed by atoms with van der Waals surface area (Å²) < 4.78 is 5.59. The van der Waals surface area contributed by atoms with Gasteiger partial charge in [0.05, 0.1) is 6.61 Å². The minimum Gasteiger partial charge on any atom is -0.477 e. The Morgan fingerprint density at radius 3 is 2.83 bits per heavy atom. The largest absolute Gasteiger partial charge is 0.477 e. The van der Waals surface area contributed by atoms with E-state index in [1.54, 1.807) is 0 Å². The highest BCUT2D eigenvalue weighted by Gasteiger charge is 2.02. The fourth-order valence-corrected chi connectivity index (χ4v) is 1.56. The van der Waals surface area contributed by atoms with Crippen LogP contribution < -0.4 is 10.1 Å². The van der Waals surface area contributed by atoms with E-state index in [1.165, 1.54) is 5.56 Å². The lowest BCUT2D eigenvalue weighted by atomic mass is 10.2. The van der Waals surface area contributed by atoms with Crippen LogP contribution in [0.4, 0.5) is 0 Å². The zero-order valence-corrected chi connectivity index (χ0v) is 11.8. The molecular weight excluding hydrogens is 224 g/mol. The summed E-state index contributed by atoms with van der Waals surface area (Å²) in [5.74, 6) is 0.702. The van der Waals surface area contributed by atoms with Crippen LogP contribution in [0, 0.1) is 6.92 Å². The van der Waals surface area contributed by atoms with Gasteiger partial charge in [-0.1, -0.05) is 18.6 Å². The molecule has 1 heterocycles. The van der Waals surface area contributed by atoms with E-state index < -0.39 is 0 Å². The van der Waals surface area contributed by atoms with E-state index in [0.29, 0.717) is 12.5 Å². The second kappa shape index (κ2) is 7.88. The minimum atomic E-state index is 0.648. The van der Waals surface area contributed by atoms with Crippen molar-refractivity contribution in [3.8, 4) is 5.88 Å². The van der Waals surface area contributed by atoms with Crippen molar-refractivity contribution in [3.05, 3.63) is 35.5 Å². The average molecular weight is 248 g/mol. The van der Waals surface area contributed by atoms with Gasteiger partial charge in [0.1, 0.15) is 0 Å². The summed E-state index contributed by atoms with van der Waals surface area (Å²) in [4.78, 5) is 4.46. The van der Waals surface area contributed by atoms with Gasteiger partial charge in [-0.05, 0) is 32.4 Å². The molecule has 1 aromatic rings.